The second-order valence-electron chi connectivity index (χ2n) is 3.31. The molecule has 1 heterocycles. The number of hydrogen-bond donors (Lipinski definition) is 1. The maximum absolute atomic E-state index is 5.24. The molecule has 0 saturated carbocycles. The lowest BCUT2D eigenvalue weighted by molar-refractivity contribution is 0.281. The van der Waals surface area contributed by atoms with E-state index in [0.717, 1.165) is 6.42 Å². The summed E-state index contributed by atoms with van der Waals surface area (Å²) in [6.07, 6.45) is 7.54. The molecule has 0 aliphatic heterocycles. The first-order valence-electron chi connectivity index (χ1n) is 5.29. The van der Waals surface area contributed by atoms with E-state index in [-0.39, 0.29) is 0 Å². The molecular formula is C9H18N4O. The van der Waals surface area contributed by atoms with E-state index in [9.17, 15) is 0 Å². The average molecular weight is 198 g/mol. The van der Waals surface area contributed by atoms with Crippen LogP contribution in [0, 0.1) is 0 Å². The third-order valence-corrected chi connectivity index (χ3v) is 2.05. The second kappa shape index (κ2) is 7.29. The van der Waals surface area contributed by atoms with Crippen molar-refractivity contribution >= 4 is 0 Å². The highest BCUT2D eigenvalue weighted by Crippen LogP contribution is 2.05. The Morgan fingerprint density at radius 3 is 2.64 bits per heavy atom. The SMILES string of the molecule is CCCCCCCCOc1nn[nH]n1. The fourth-order valence-corrected chi connectivity index (χ4v) is 1.26. The Morgan fingerprint density at radius 1 is 1.14 bits per heavy atom. The molecule has 0 atom stereocenters. The van der Waals surface area contributed by atoms with Crippen molar-refractivity contribution in [2.45, 2.75) is 45.4 Å². The summed E-state index contributed by atoms with van der Waals surface area (Å²) >= 11 is 0. The number of nitrogens with one attached hydrogen (secondary N) is 1. The Labute approximate surface area is 84.2 Å². The van der Waals surface area contributed by atoms with Crippen molar-refractivity contribution in [3.8, 4) is 6.01 Å². The van der Waals surface area contributed by atoms with Gasteiger partial charge in [0.2, 0.25) is 0 Å². The summed E-state index contributed by atoms with van der Waals surface area (Å²) in [6.45, 7) is 2.91. The van der Waals surface area contributed by atoms with E-state index in [1.54, 1.807) is 0 Å². The Balaban J connectivity index is 1.85. The maximum atomic E-state index is 5.24. The quantitative estimate of drug-likeness (QED) is 0.648. The fourth-order valence-electron chi connectivity index (χ4n) is 1.26. The number of hydrogen-bond acceptors (Lipinski definition) is 4. The molecule has 5 nitrogen and oxygen atoms in total. The molecule has 0 unspecified atom stereocenters. The molecule has 0 amide bonds. The molecule has 1 aromatic rings. The Morgan fingerprint density at radius 2 is 1.93 bits per heavy atom. The minimum Gasteiger partial charge on any atom is -0.461 e. The molecule has 1 N–H and O–H groups in total. The molecule has 1 rings (SSSR count). The summed E-state index contributed by atoms with van der Waals surface area (Å²) in [5.41, 5.74) is 0. The van der Waals surface area contributed by atoms with Gasteiger partial charge in [-0.3, -0.25) is 0 Å². The van der Waals surface area contributed by atoms with Crippen LogP contribution in [-0.2, 0) is 0 Å². The number of nitrogens with zero attached hydrogens (tertiary/aromatic N) is 3. The van der Waals surface area contributed by atoms with Crippen LogP contribution in [0.2, 0.25) is 0 Å². The van der Waals surface area contributed by atoms with Gasteiger partial charge >= 0.3 is 6.01 Å². The first-order chi connectivity index (χ1) is 6.93. The Bertz CT molecular complexity index is 213. The molecule has 0 aliphatic rings. The third kappa shape index (κ3) is 4.79. The molecule has 0 aliphatic carbocycles. The predicted molar refractivity (Wildman–Crippen MR) is 53.0 cm³/mol. The second-order valence-corrected chi connectivity index (χ2v) is 3.31. The van der Waals surface area contributed by atoms with E-state index in [1.165, 1.54) is 32.1 Å². The standard InChI is InChI=1S/C9H18N4O/c1-2-3-4-5-6-7-8-14-9-10-12-13-11-9/h2-8H2,1H3,(H,10,11,12,13). The van der Waals surface area contributed by atoms with Crippen molar-refractivity contribution in [2.75, 3.05) is 6.61 Å². The van der Waals surface area contributed by atoms with Gasteiger partial charge < -0.3 is 4.74 Å². The number of unbranched alkanes of at least 4 members (excludes halogenated alkanes) is 5. The molecule has 0 radical (unpaired) electrons. The van der Waals surface area contributed by atoms with Gasteiger partial charge in [-0.15, -0.1) is 0 Å². The molecule has 0 saturated heterocycles. The van der Waals surface area contributed by atoms with Crippen LogP contribution in [0.25, 0.3) is 0 Å². The normalized spacial score (nSPS) is 10.4. The van der Waals surface area contributed by atoms with E-state index >= 15 is 0 Å². The Kier molecular flexibility index (Phi) is 5.70. The topological polar surface area (TPSA) is 63.7 Å². The van der Waals surface area contributed by atoms with Crippen molar-refractivity contribution in [3.63, 3.8) is 0 Å². The molecule has 0 fully saturated rings. The molecule has 5 heteroatoms. The summed E-state index contributed by atoms with van der Waals surface area (Å²) in [7, 11) is 0. The summed E-state index contributed by atoms with van der Waals surface area (Å²) in [5, 5.41) is 13.1. The number of ether oxygens (including phenoxy) is 1. The molecule has 0 aromatic carbocycles. The zero-order chi connectivity index (χ0) is 10.1. The van der Waals surface area contributed by atoms with Crippen LogP contribution in [-0.4, -0.2) is 27.2 Å². The summed E-state index contributed by atoms with van der Waals surface area (Å²) < 4.78 is 5.24. The zero-order valence-corrected chi connectivity index (χ0v) is 8.70. The molecule has 0 spiro atoms. The van der Waals surface area contributed by atoms with Crippen LogP contribution in [0.4, 0.5) is 0 Å². The molecule has 80 valence electrons. The van der Waals surface area contributed by atoms with Gasteiger partial charge in [-0.25, -0.2) is 0 Å². The van der Waals surface area contributed by atoms with Crippen LogP contribution in [0.1, 0.15) is 45.4 Å². The number of rotatable bonds is 8. The van der Waals surface area contributed by atoms with Gasteiger partial charge in [0.25, 0.3) is 0 Å². The van der Waals surface area contributed by atoms with E-state index in [4.69, 9.17) is 4.74 Å². The van der Waals surface area contributed by atoms with Gasteiger partial charge in [0.15, 0.2) is 0 Å². The predicted octanol–water partition coefficient (Wildman–Crippen LogP) is 1.94. The monoisotopic (exact) mass is 198 g/mol. The van der Waals surface area contributed by atoms with Crippen LogP contribution in [0.3, 0.4) is 0 Å². The largest absolute Gasteiger partial charge is 0.461 e. The lowest BCUT2D eigenvalue weighted by Gasteiger charge is -2.00. The van der Waals surface area contributed by atoms with Crippen molar-refractivity contribution in [3.05, 3.63) is 0 Å². The molecular weight excluding hydrogens is 180 g/mol. The maximum Gasteiger partial charge on any atom is 0.355 e. The molecule has 14 heavy (non-hydrogen) atoms. The van der Waals surface area contributed by atoms with Crippen molar-refractivity contribution in [1.82, 2.24) is 20.6 Å². The van der Waals surface area contributed by atoms with Gasteiger partial charge in [-0.05, 0) is 11.6 Å². The van der Waals surface area contributed by atoms with Crippen LogP contribution in [0.5, 0.6) is 6.01 Å². The highest BCUT2D eigenvalue weighted by atomic mass is 16.5. The van der Waals surface area contributed by atoms with E-state index in [2.05, 4.69) is 27.5 Å². The van der Waals surface area contributed by atoms with E-state index in [1.807, 2.05) is 0 Å². The summed E-state index contributed by atoms with van der Waals surface area (Å²) in [5.74, 6) is 0. The summed E-state index contributed by atoms with van der Waals surface area (Å²) in [4.78, 5) is 0. The minimum atomic E-state index is 0.346. The number of aromatic amines is 1. The fraction of sp³-hybridized carbons (Fsp3) is 0.889. The lowest BCUT2D eigenvalue weighted by Crippen LogP contribution is -1.98. The third-order valence-electron chi connectivity index (χ3n) is 2.05. The number of aromatic nitrogens is 4. The summed E-state index contributed by atoms with van der Waals surface area (Å²) in [6, 6.07) is 0.346. The van der Waals surface area contributed by atoms with Gasteiger partial charge in [0, 0.05) is 0 Å². The van der Waals surface area contributed by atoms with Crippen molar-refractivity contribution < 1.29 is 4.74 Å². The van der Waals surface area contributed by atoms with Gasteiger partial charge in [-0.1, -0.05) is 49.2 Å². The lowest BCUT2D eigenvalue weighted by atomic mass is 10.1. The smallest absolute Gasteiger partial charge is 0.355 e. The Hall–Kier alpha value is -1.13. The van der Waals surface area contributed by atoms with Crippen molar-refractivity contribution in [1.29, 1.82) is 0 Å². The van der Waals surface area contributed by atoms with Crippen LogP contribution >= 0.6 is 0 Å². The van der Waals surface area contributed by atoms with E-state index in [0.29, 0.717) is 12.6 Å². The van der Waals surface area contributed by atoms with Gasteiger partial charge in [-0.2, -0.15) is 5.21 Å². The molecule has 1 aromatic heterocycles. The van der Waals surface area contributed by atoms with Crippen molar-refractivity contribution in [2.24, 2.45) is 0 Å². The van der Waals surface area contributed by atoms with Gasteiger partial charge in [0.05, 0.1) is 6.61 Å². The highest BCUT2D eigenvalue weighted by molar-refractivity contribution is 4.80. The van der Waals surface area contributed by atoms with Crippen LogP contribution < -0.4 is 4.74 Å². The first kappa shape index (κ1) is 10.9. The zero-order valence-electron chi connectivity index (χ0n) is 8.70. The number of tetrazole rings is 1. The minimum absolute atomic E-state index is 0.346. The van der Waals surface area contributed by atoms with Gasteiger partial charge in [0.1, 0.15) is 0 Å². The van der Waals surface area contributed by atoms with E-state index < -0.39 is 0 Å². The first-order valence-corrected chi connectivity index (χ1v) is 5.29. The van der Waals surface area contributed by atoms with Crippen LogP contribution in [0.15, 0.2) is 0 Å². The average Bonchev–Trinajstić information content (AvgIpc) is 2.69. The highest BCUT2D eigenvalue weighted by Gasteiger charge is 1.96. The molecule has 0 bridgehead atoms. The number of H-pyrrole nitrogens is 1.